The van der Waals surface area contributed by atoms with Crippen LogP contribution in [0.5, 0.6) is 0 Å². The molecule has 0 atom stereocenters. The highest BCUT2D eigenvalue weighted by Gasteiger charge is 2.45. The Kier molecular flexibility index (Phi) is 3.24. The Balaban J connectivity index is 2.14. The van der Waals surface area contributed by atoms with E-state index in [4.69, 9.17) is 0 Å². The molecule has 0 bridgehead atoms. The van der Waals surface area contributed by atoms with Crippen LogP contribution in [0.15, 0.2) is 18.2 Å². The van der Waals surface area contributed by atoms with Crippen molar-refractivity contribution < 1.29 is 9.31 Å². The van der Waals surface area contributed by atoms with Gasteiger partial charge in [-0.1, -0.05) is 13.8 Å². The molecule has 0 radical (unpaired) electrons. The largest absolute Gasteiger partial charge is 0.379 e. The van der Waals surface area contributed by atoms with Gasteiger partial charge in [-0.25, -0.2) is 4.39 Å². The lowest BCUT2D eigenvalue weighted by Crippen LogP contribution is -2.21. The van der Waals surface area contributed by atoms with E-state index in [0.29, 0.717) is 12.5 Å². The highest BCUT2D eigenvalue weighted by Crippen LogP contribution is 2.51. The van der Waals surface area contributed by atoms with Gasteiger partial charge in [0.15, 0.2) is 0 Å². The molecule has 0 aromatic heterocycles. The van der Waals surface area contributed by atoms with Gasteiger partial charge in [-0.3, -0.25) is 10.1 Å². The number of nitrogens with one attached hydrogen (secondary N) is 1. The molecular formula is C13H17FN2O2. The molecule has 4 nitrogen and oxygen atoms in total. The number of nitro benzene ring substituents is 1. The fourth-order valence-corrected chi connectivity index (χ4v) is 2.20. The minimum atomic E-state index is -0.489. The van der Waals surface area contributed by atoms with E-state index in [2.05, 4.69) is 19.2 Å². The summed E-state index contributed by atoms with van der Waals surface area (Å²) < 4.78 is 13.1. The number of anilines is 1. The number of benzene rings is 1. The molecule has 18 heavy (non-hydrogen) atoms. The van der Waals surface area contributed by atoms with Crippen molar-refractivity contribution in [1.29, 1.82) is 0 Å². The molecule has 1 aliphatic rings. The van der Waals surface area contributed by atoms with Gasteiger partial charge in [-0.2, -0.15) is 0 Å². The second kappa shape index (κ2) is 4.55. The molecule has 1 aromatic carbocycles. The SMILES string of the molecule is CC(C)C1(CNc2cc(F)ccc2[N+](=O)[O-])CC1. The fourth-order valence-electron chi connectivity index (χ4n) is 2.20. The predicted molar refractivity (Wildman–Crippen MR) is 68.0 cm³/mol. The first-order chi connectivity index (χ1) is 8.44. The van der Waals surface area contributed by atoms with E-state index in [1.54, 1.807) is 0 Å². The Morgan fingerprint density at radius 2 is 2.17 bits per heavy atom. The number of hydrogen-bond donors (Lipinski definition) is 1. The molecule has 0 aliphatic heterocycles. The topological polar surface area (TPSA) is 55.2 Å². The summed E-state index contributed by atoms with van der Waals surface area (Å²) in [6.07, 6.45) is 2.25. The van der Waals surface area contributed by atoms with Gasteiger partial charge in [0.05, 0.1) is 4.92 Å². The number of nitrogens with zero attached hydrogens (tertiary/aromatic N) is 1. The zero-order valence-electron chi connectivity index (χ0n) is 10.6. The maximum absolute atomic E-state index is 13.1. The monoisotopic (exact) mass is 252 g/mol. The maximum Gasteiger partial charge on any atom is 0.292 e. The van der Waals surface area contributed by atoms with E-state index in [9.17, 15) is 14.5 Å². The Bertz CT molecular complexity index is 470. The molecule has 1 N–H and O–H groups in total. The van der Waals surface area contributed by atoms with Gasteiger partial charge in [0.2, 0.25) is 0 Å². The van der Waals surface area contributed by atoms with Crippen LogP contribution in [0.4, 0.5) is 15.8 Å². The average molecular weight is 252 g/mol. The van der Waals surface area contributed by atoms with Gasteiger partial charge in [0, 0.05) is 18.7 Å². The van der Waals surface area contributed by atoms with Crippen LogP contribution in [0, 0.1) is 27.3 Å². The zero-order valence-corrected chi connectivity index (χ0v) is 10.6. The van der Waals surface area contributed by atoms with E-state index in [1.807, 2.05) is 0 Å². The van der Waals surface area contributed by atoms with Crippen molar-refractivity contribution in [3.8, 4) is 0 Å². The van der Waals surface area contributed by atoms with Crippen molar-refractivity contribution in [3.63, 3.8) is 0 Å². The molecule has 1 fully saturated rings. The Morgan fingerprint density at radius 1 is 1.50 bits per heavy atom. The van der Waals surface area contributed by atoms with Gasteiger partial charge in [0.25, 0.3) is 5.69 Å². The third-order valence-electron chi connectivity index (χ3n) is 3.90. The number of nitro groups is 1. The van der Waals surface area contributed by atoms with E-state index >= 15 is 0 Å². The molecular weight excluding hydrogens is 235 g/mol. The van der Waals surface area contributed by atoms with Crippen molar-refractivity contribution in [2.24, 2.45) is 11.3 Å². The molecule has 0 amide bonds. The highest BCUT2D eigenvalue weighted by molar-refractivity contribution is 5.61. The second-order valence-electron chi connectivity index (χ2n) is 5.29. The first-order valence-electron chi connectivity index (χ1n) is 6.12. The highest BCUT2D eigenvalue weighted by atomic mass is 19.1. The molecule has 0 heterocycles. The Labute approximate surface area is 105 Å². The van der Waals surface area contributed by atoms with E-state index < -0.39 is 10.7 Å². The first kappa shape index (κ1) is 12.8. The lowest BCUT2D eigenvalue weighted by Gasteiger charge is -2.20. The lowest BCUT2D eigenvalue weighted by molar-refractivity contribution is -0.384. The van der Waals surface area contributed by atoms with Crippen LogP contribution in [0.3, 0.4) is 0 Å². The van der Waals surface area contributed by atoms with Crippen LogP contribution >= 0.6 is 0 Å². The van der Waals surface area contributed by atoms with Crippen LogP contribution in [-0.4, -0.2) is 11.5 Å². The molecule has 2 rings (SSSR count). The number of rotatable bonds is 5. The number of hydrogen-bond acceptors (Lipinski definition) is 3. The molecule has 5 heteroatoms. The molecule has 1 saturated carbocycles. The summed E-state index contributed by atoms with van der Waals surface area (Å²) in [6, 6.07) is 3.50. The van der Waals surface area contributed by atoms with Gasteiger partial charge in [-0.15, -0.1) is 0 Å². The summed E-state index contributed by atoms with van der Waals surface area (Å²) in [5.74, 6) is 0.0649. The molecule has 0 spiro atoms. The van der Waals surface area contributed by atoms with E-state index in [1.165, 1.54) is 12.1 Å². The lowest BCUT2D eigenvalue weighted by atomic mass is 9.92. The standard InChI is InChI=1S/C13H17FN2O2/c1-9(2)13(5-6-13)8-15-11-7-10(14)3-4-12(11)16(17)18/h3-4,7,9,15H,5-6,8H2,1-2H3. The summed E-state index contributed by atoms with van der Waals surface area (Å²) >= 11 is 0. The predicted octanol–water partition coefficient (Wildman–Crippen LogP) is 3.58. The summed E-state index contributed by atoms with van der Waals surface area (Å²) in [5, 5.41) is 13.9. The normalized spacial score (nSPS) is 16.7. The van der Waals surface area contributed by atoms with Crippen LogP contribution in [0.2, 0.25) is 0 Å². The third-order valence-corrected chi connectivity index (χ3v) is 3.90. The molecule has 0 saturated heterocycles. The van der Waals surface area contributed by atoms with E-state index in [-0.39, 0.29) is 16.8 Å². The first-order valence-corrected chi connectivity index (χ1v) is 6.12. The fraction of sp³-hybridized carbons (Fsp3) is 0.538. The van der Waals surface area contributed by atoms with Crippen molar-refractivity contribution in [1.82, 2.24) is 0 Å². The number of halogens is 1. The van der Waals surface area contributed by atoms with Crippen molar-refractivity contribution in [2.45, 2.75) is 26.7 Å². The van der Waals surface area contributed by atoms with Gasteiger partial charge in [-0.05, 0) is 30.2 Å². The molecule has 1 aromatic rings. The molecule has 1 aliphatic carbocycles. The average Bonchev–Trinajstić information content (AvgIpc) is 3.07. The van der Waals surface area contributed by atoms with Crippen molar-refractivity contribution in [2.75, 3.05) is 11.9 Å². The van der Waals surface area contributed by atoms with Crippen LogP contribution in [-0.2, 0) is 0 Å². The summed E-state index contributed by atoms with van der Waals surface area (Å²) in [4.78, 5) is 10.4. The minimum Gasteiger partial charge on any atom is -0.379 e. The smallest absolute Gasteiger partial charge is 0.292 e. The van der Waals surface area contributed by atoms with Gasteiger partial charge in [0.1, 0.15) is 11.5 Å². The summed E-state index contributed by atoms with van der Waals surface area (Å²) in [7, 11) is 0. The Hall–Kier alpha value is -1.65. The van der Waals surface area contributed by atoms with Gasteiger partial charge < -0.3 is 5.32 Å². The van der Waals surface area contributed by atoms with Gasteiger partial charge >= 0.3 is 0 Å². The Morgan fingerprint density at radius 3 is 2.67 bits per heavy atom. The maximum atomic E-state index is 13.1. The second-order valence-corrected chi connectivity index (χ2v) is 5.29. The zero-order chi connectivity index (χ0) is 13.3. The van der Waals surface area contributed by atoms with Crippen molar-refractivity contribution >= 4 is 11.4 Å². The van der Waals surface area contributed by atoms with Crippen molar-refractivity contribution in [3.05, 3.63) is 34.1 Å². The van der Waals surface area contributed by atoms with Crippen LogP contribution < -0.4 is 5.32 Å². The minimum absolute atomic E-state index is 0.0732. The molecule has 98 valence electrons. The summed E-state index contributed by atoms with van der Waals surface area (Å²) in [6.45, 7) is 4.96. The van der Waals surface area contributed by atoms with E-state index in [0.717, 1.165) is 18.9 Å². The summed E-state index contributed by atoms with van der Waals surface area (Å²) in [5.41, 5.74) is 0.420. The van der Waals surface area contributed by atoms with Crippen LogP contribution in [0.1, 0.15) is 26.7 Å². The third kappa shape index (κ3) is 2.44. The molecule has 0 unspecified atom stereocenters. The van der Waals surface area contributed by atoms with Crippen LogP contribution in [0.25, 0.3) is 0 Å². The quantitative estimate of drug-likeness (QED) is 0.643.